The summed E-state index contributed by atoms with van der Waals surface area (Å²) in [5.74, 6) is -1.77. The molecule has 0 aliphatic carbocycles. The molecule has 9 heteroatoms. The summed E-state index contributed by atoms with van der Waals surface area (Å²) < 4.78 is 19.1. The number of anilines is 1. The molecule has 3 heterocycles. The Morgan fingerprint density at radius 1 is 0.953 bits per heavy atom. The van der Waals surface area contributed by atoms with Crippen LogP contribution < -0.4 is 11.1 Å². The number of hydrogen-bond donors (Lipinski definition) is 3. The predicted molar refractivity (Wildman–Crippen MR) is 167 cm³/mol. The second kappa shape index (κ2) is 13.8. The van der Waals surface area contributed by atoms with Gasteiger partial charge in [0.25, 0.3) is 0 Å². The molecule has 222 valence electrons. The van der Waals surface area contributed by atoms with Crippen molar-refractivity contribution in [2.45, 2.75) is 38.7 Å². The third-order valence-corrected chi connectivity index (χ3v) is 6.54. The van der Waals surface area contributed by atoms with E-state index in [2.05, 4.69) is 21.0 Å². The number of pyridine rings is 2. The Morgan fingerprint density at radius 2 is 1.63 bits per heavy atom. The number of fused-ring (bicyclic) bond motifs is 1. The second-order valence-electron chi connectivity index (χ2n) is 10.8. The van der Waals surface area contributed by atoms with E-state index in [4.69, 9.17) is 9.72 Å². The van der Waals surface area contributed by atoms with Crippen LogP contribution in [0.1, 0.15) is 43.5 Å². The number of carbonyl (C=O) groups excluding carboxylic acids is 2. The van der Waals surface area contributed by atoms with E-state index in [1.807, 2.05) is 24.3 Å². The maximum Gasteiger partial charge on any atom is 0.321 e. The maximum absolute atomic E-state index is 13.5. The van der Waals surface area contributed by atoms with E-state index in [0.717, 1.165) is 27.8 Å². The smallest absolute Gasteiger partial charge is 0.321 e. The lowest BCUT2D eigenvalue weighted by Gasteiger charge is -2.23. The Kier molecular flexibility index (Phi) is 10.0. The van der Waals surface area contributed by atoms with Gasteiger partial charge in [-0.15, -0.1) is 0 Å². The van der Waals surface area contributed by atoms with E-state index in [1.54, 1.807) is 75.6 Å². The molecule has 5 aromatic rings. The van der Waals surface area contributed by atoms with Crippen LogP contribution in [0, 0.1) is 5.82 Å². The van der Waals surface area contributed by atoms with Gasteiger partial charge in [-0.2, -0.15) is 0 Å². The molecule has 0 amide bonds. The summed E-state index contributed by atoms with van der Waals surface area (Å²) in [6.45, 7) is 5.21. The summed E-state index contributed by atoms with van der Waals surface area (Å²) in [7, 11) is 1.50. The van der Waals surface area contributed by atoms with E-state index in [-0.39, 0.29) is 18.1 Å². The summed E-state index contributed by atoms with van der Waals surface area (Å²) in [5, 5.41) is 3.99. The standard InChI is InChI=1S/C33H31FN4O3.CH5N/c1-33(2,3)41-32(40)30(22-7-5-4-6-8-22)27(39)20-36-28-14-13-25-29(23-15-17-35-18-16-23)26(37-31(25)38-28)19-21-9-11-24(34)12-10-21;1-2/h4-18,30H,19-20H2,1-3H3,(H2,36,37,38);2H2,1H3/t30-;/m1./s1. The minimum Gasteiger partial charge on any atom is -0.459 e. The maximum atomic E-state index is 13.5. The number of nitrogens with zero attached hydrogens (tertiary/aromatic N) is 2. The normalized spacial score (nSPS) is 11.8. The topological polar surface area (TPSA) is 123 Å². The number of H-pyrrole nitrogens is 1. The molecule has 0 aliphatic heterocycles. The number of benzene rings is 2. The molecule has 0 bridgehead atoms. The molecular formula is C34H36FN5O3. The van der Waals surface area contributed by atoms with Gasteiger partial charge in [0.1, 0.15) is 28.8 Å². The van der Waals surface area contributed by atoms with Gasteiger partial charge < -0.3 is 20.8 Å². The number of hydrogen-bond acceptors (Lipinski definition) is 7. The first-order valence-electron chi connectivity index (χ1n) is 14.0. The molecule has 5 rings (SSSR count). The van der Waals surface area contributed by atoms with Gasteiger partial charge in [-0.3, -0.25) is 14.6 Å². The Hall–Kier alpha value is -4.89. The summed E-state index contributed by atoms with van der Waals surface area (Å²) in [6.07, 6.45) is 4.02. The number of carbonyl (C=O) groups is 2. The number of aromatic nitrogens is 3. The molecule has 0 saturated carbocycles. The fraction of sp³-hybridized carbons (Fsp3) is 0.235. The predicted octanol–water partition coefficient (Wildman–Crippen LogP) is 6.04. The van der Waals surface area contributed by atoms with Crippen LogP contribution in [0.3, 0.4) is 0 Å². The number of esters is 1. The fourth-order valence-corrected chi connectivity index (χ4v) is 4.75. The number of Topliss-reactive ketones (excluding diaryl/α,β-unsaturated/α-hetero) is 1. The first kappa shape index (κ1) is 31.1. The van der Waals surface area contributed by atoms with Crippen molar-refractivity contribution in [1.82, 2.24) is 15.0 Å². The molecule has 0 unspecified atom stereocenters. The zero-order valence-electron chi connectivity index (χ0n) is 24.7. The summed E-state index contributed by atoms with van der Waals surface area (Å²) in [6, 6.07) is 22.9. The van der Waals surface area contributed by atoms with Crippen LogP contribution in [-0.2, 0) is 20.7 Å². The summed E-state index contributed by atoms with van der Waals surface area (Å²) >= 11 is 0. The highest BCUT2D eigenvalue weighted by Gasteiger charge is 2.32. The Balaban J connectivity index is 0.00000207. The second-order valence-corrected chi connectivity index (χ2v) is 10.8. The van der Waals surface area contributed by atoms with Crippen molar-refractivity contribution in [1.29, 1.82) is 0 Å². The molecule has 3 aromatic heterocycles. The summed E-state index contributed by atoms with van der Waals surface area (Å²) in [5.41, 5.74) is 8.82. The SMILES string of the molecule is CC(C)(C)OC(=O)[C@@H](C(=O)CNc1ccc2c(-c3ccncc3)c(Cc3ccc(F)cc3)[nH]c2n1)c1ccccc1.CN. The number of aromatic amines is 1. The number of nitrogens with two attached hydrogens (primary N) is 1. The molecule has 8 nitrogen and oxygen atoms in total. The van der Waals surface area contributed by atoms with Crippen molar-refractivity contribution in [3.05, 3.63) is 114 Å². The number of halogens is 1. The van der Waals surface area contributed by atoms with Crippen molar-refractivity contribution >= 4 is 28.6 Å². The molecule has 0 saturated heterocycles. The van der Waals surface area contributed by atoms with E-state index in [0.29, 0.717) is 23.4 Å². The van der Waals surface area contributed by atoms with Crippen LogP contribution >= 0.6 is 0 Å². The first-order valence-corrected chi connectivity index (χ1v) is 14.0. The van der Waals surface area contributed by atoms with E-state index >= 15 is 0 Å². The van der Waals surface area contributed by atoms with E-state index in [1.165, 1.54) is 19.2 Å². The third kappa shape index (κ3) is 7.90. The van der Waals surface area contributed by atoms with Gasteiger partial charge in [-0.25, -0.2) is 9.37 Å². The van der Waals surface area contributed by atoms with Gasteiger partial charge in [0.2, 0.25) is 0 Å². The van der Waals surface area contributed by atoms with E-state index < -0.39 is 17.5 Å². The lowest BCUT2D eigenvalue weighted by molar-refractivity contribution is -0.158. The number of ketones is 1. The van der Waals surface area contributed by atoms with Crippen molar-refractivity contribution in [3.63, 3.8) is 0 Å². The van der Waals surface area contributed by atoms with Crippen LogP contribution in [0.25, 0.3) is 22.2 Å². The highest BCUT2D eigenvalue weighted by molar-refractivity contribution is 6.06. The quantitative estimate of drug-likeness (QED) is 0.143. The number of rotatable bonds is 9. The largest absolute Gasteiger partial charge is 0.459 e. The highest BCUT2D eigenvalue weighted by Crippen LogP contribution is 2.33. The Labute approximate surface area is 250 Å². The average molecular weight is 582 g/mol. The van der Waals surface area contributed by atoms with E-state index in [9.17, 15) is 14.0 Å². The zero-order chi connectivity index (χ0) is 31.0. The van der Waals surface area contributed by atoms with Crippen molar-refractivity contribution in [2.75, 3.05) is 18.9 Å². The van der Waals surface area contributed by atoms with Gasteiger partial charge in [-0.1, -0.05) is 42.5 Å². The average Bonchev–Trinajstić information content (AvgIpc) is 3.35. The van der Waals surface area contributed by atoms with Crippen LogP contribution in [-0.4, -0.2) is 45.9 Å². The molecule has 1 atom stereocenters. The molecule has 43 heavy (non-hydrogen) atoms. The van der Waals surface area contributed by atoms with Crippen LogP contribution in [0.4, 0.5) is 10.2 Å². The molecule has 0 fully saturated rings. The lowest BCUT2D eigenvalue weighted by Crippen LogP contribution is -2.34. The molecule has 2 aromatic carbocycles. The molecule has 0 spiro atoms. The summed E-state index contributed by atoms with van der Waals surface area (Å²) in [4.78, 5) is 38.7. The monoisotopic (exact) mass is 581 g/mol. The van der Waals surface area contributed by atoms with Crippen molar-refractivity contribution in [2.24, 2.45) is 5.73 Å². The number of nitrogens with one attached hydrogen (secondary N) is 2. The van der Waals surface area contributed by atoms with Gasteiger partial charge in [0.15, 0.2) is 5.78 Å². The van der Waals surface area contributed by atoms with Gasteiger partial charge in [0.05, 0.1) is 6.54 Å². The Bertz CT molecular complexity index is 1660. The highest BCUT2D eigenvalue weighted by atomic mass is 19.1. The molecule has 0 radical (unpaired) electrons. The fourth-order valence-electron chi connectivity index (χ4n) is 4.75. The minimum atomic E-state index is -1.06. The Morgan fingerprint density at radius 3 is 2.28 bits per heavy atom. The molecule has 0 aliphatic rings. The van der Waals surface area contributed by atoms with Gasteiger partial charge >= 0.3 is 5.97 Å². The zero-order valence-corrected chi connectivity index (χ0v) is 24.7. The van der Waals surface area contributed by atoms with Crippen LogP contribution in [0.15, 0.2) is 91.3 Å². The van der Waals surface area contributed by atoms with Crippen LogP contribution in [0.5, 0.6) is 0 Å². The van der Waals surface area contributed by atoms with Crippen molar-refractivity contribution < 1.29 is 18.7 Å². The van der Waals surface area contributed by atoms with Crippen molar-refractivity contribution in [3.8, 4) is 11.1 Å². The van der Waals surface area contributed by atoms with Gasteiger partial charge in [-0.05, 0) is 80.9 Å². The molecular weight excluding hydrogens is 545 g/mol. The van der Waals surface area contributed by atoms with Gasteiger partial charge in [0, 0.05) is 35.5 Å². The lowest BCUT2D eigenvalue weighted by atomic mass is 9.94. The number of ether oxygens (including phenoxy) is 1. The third-order valence-electron chi connectivity index (χ3n) is 6.54. The minimum absolute atomic E-state index is 0.113. The first-order chi connectivity index (χ1) is 20.7. The molecule has 4 N–H and O–H groups in total. The van der Waals surface area contributed by atoms with Crippen LogP contribution in [0.2, 0.25) is 0 Å².